The topological polar surface area (TPSA) is 135 Å². The molecule has 11 nitrogen and oxygen atoms in total. The van der Waals surface area contributed by atoms with Gasteiger partial charge in [-0.1, -0.05) is 23.9 Å². The molecule has 3 N–H and O–H groups in total. The van der Waals surface area contributed by atoms with Crippen molar-refractivity contribution in [2.75, 3.05) is 30.8 Å². The first-order valence-corrected chi connectivity index (χ1v) is 12.0. The van der Waals surface area contributed by atoms with E-state index in [9.17, 15) is 9.59 Å². The van der Waals surface area contributed by atoms with Gasteiger partial charge in [0.1, 0.15) is 17.5 Å². The molecule has 1 atom stereocenters. The van der Waals surface area contributed by atoms with Gasteiger partial charge in [-0.15, -0.1) is 0 Å². The molecule has 0 saturated carbocycles. The highest BCUT2D eigenvalue weighted by Gasteiger charge is 2.26. The minimum absolute atomic E-state index is 0.249. The summed E-state index contributed by atoms with van der Waals surface area (Å²) in [5.74, 6) is 7.42. The van der Waals surface area contributed by atoms with Crippen LogP contribution >= 0.6 is 0 Å². The van der Waals surface area contributed by atoms with Crippen LogP contribution in [0.3, 0.4) is 0 Å². The summed E-state index contributed by atoms with van der Waals surface area (Å²) >= 11 is 0. The maximum Gasteiger partial charge on any atom is 0.410 e. The first-order chi connectivity index (χ1) is 17.0. The number of anilines is 3. The zero-order valence-electron chi connectivity index (χ0n) is 22.2. The normalized spacial score (nSPS) is 11.6. The number of carbonyl (C=O) groups is 2. The zero-order chi connectivity index (χ0) is 26.7. The molecule has 11 heteroatoms. The molecular formula is C25H37N7O4. The standard InChI is InChI=1S/C25H37N7O4/c1-8-13-26-21-19(16-28-23(30-21)29-20-15-17(2)31-36-20)12-10-9-11-14-27-22(33)18(3)32(7)24(34)35-25(4,5)6/h15-16,18H,8-9,11,13-14H2,1-7H3,(H,27,33)(H2,26,28,29,30)/t18-/m0/s1. The average molecular weight is 500 g/mol. The van der Waals surface area contributed by atoms with Crippen LogP contribution in [0, 0.1) is 18.8 Å². The number of carbonyl (C=O) groups excluding carboxylic acids is 2. The summed E-state index contributed by atoms with van der Waals surface area (Å²) in [5.41, 5.74) is 0.814. The van der Waals surface area contributed by atoms with Crippen molar-refractivity contribution >= 4 is 29.7 Å². The van der Waals surface area contributed by atoms with Crippen LogP contribution in [0.15, 0.2) is 16.8 Å². The van der Waals surface area contributed by atoms with Gasteiger partial charge in [0.15, 0.2) is 0 Å². The number of amides is 2. The lowest BCUT2D eigenvalue weighted by Gasteiger charge is -2.28. The number of aromatic nitrogens is 3. The highest BCUT2D eigenvalue weighted by atomic mass is 16.6. The number of rotatable bonds is 10. The zero-order valence-corrected chi connectivity index (χ0v) is 22.2. The third kappa shape index (κ3) is 9.44. The molecule has 0 aliphatic carbocycles. The lowest BCUT2D eigenvalue weighted by molar-refractivity contribution is -0.125. The minimum atomic E-state index is -0.650. The Labute approximate surface area is 212 Å². The van der Waals surface area contributed by atoms with Crippen LogP contribution in [0.2, 0.25) is 0 Å². The van der Waals surface area contributed by atoms with E-state index in [2.05, 4.69) is 49.8 Å². The smallest absolute Gasteiger partial charge is 0.410 e. The lowest BCUT2D eigenvalue weighted by Crippen LogP contribution is -2.47. The van der Waals surface area contributed by atoms with Crippen molar-refractivity contribution < 1.29 is 18.8 Å². The molecule has 196 valence electrons. The molecular weight excluding hydrogens is 462 g/mol. The fraction of sp³-hybridized carbons (Fsp3) is 0.560. The predicted molar refractivity (Wildman–Crippen MR) is 138 cm³/mol. The molecule has 0 saturated heterocycles. The van der Waals surface area contributed by atoms with Crippen molar-refractivity contribution in [1.82, 2.24) is 25.3 Å². The Morgan fingerprint density at radius 3 is 2.67 bits per heavy atom. The summed E-state index contributed by atoms with van der Waals surface area (Å²) in [6, 6.07) is 1.11. The second kappa shape index (κ2) is 13.3. The predicted octanol–water partition coefficient (Wildman–Crippen LogP) is 3.84. The molecule has 2 aromatic heterocycles. The van der Waals surface area contributed by atoms with E-state index in [1.807, 2.05) is 6.92 Å². The molecule has 0 radical (unpaired) electrons. The van der Waals surface area contributed by atoms with Crippen LogP contribution in [0.4, 0.5) is 22.4 Å². The summed E-state index contributed by atoms with van der Waals surface area (Å²) in [5, 5.41) is 12.9. The Bertz CT molecular complexity index is 1080. The molecule has 2 heterocycles. The second-order valence-electron chi connectivity index (χ2n) is 9.30. The fourth-order valence-electron chi connectivity index (χ4n) is 2.81. The molecule has 0 fully saturated rings. The molecule has 2 amide bonds. The van der Waals surface area contributed by atoms with Crippen molar-refractivity contribution in [2.45, 2.75) is 72.4 Å². The highest BCUT2D eigenvalue weighted by Crippen LogP contribution is 2.18. The van der Waals surface area contributed by atoms with Gasteiger partial charge in [-0.25, -0.2) is 9.78 Å². The first kappa shape index (κ1) is 28.4. The van der Waals surface area contributed by atoms with Crippen LogP contribution in [0.25, 0.3) is 0 Å². The SMILES string of the molecule is CCCNc1nc(Nc2cc(C)no2)ncc1C#CCCCNC(=O)[C@H](C)N(C)C(=O)OC(C)(C)C. The number of hydrogen-bond donors (Lipinski definition) is 3. The number of aryl methyl sites for hydroxylation is 1. The van der Waals surface area contributed by atoms with E-state index in [0.717, 1.165) is 18.7 Å². The number of unbranched alkanes of at least 4 members (excludes halogenated alkanes) is 1. The van der Waals surface area contributed by atoms with E-state index in [4.69, 9.17) is 9.26 Å². The Balaban J connectivity index is 1.87. The monoisotopic (exact) mass is 499 g/mol. The maximum absolute atomic E-state index is 12.4. The Morgan fingerprint density at radius 2 is 2.03 bits per heavy atom. The van der Waals surface area contributed by atoms with E-state index < -0.39 is 17.7 Å². The van der Waals surface area contributed by atoms with Crippen molar-refractivity contribution in [3.8, 4) is 11.8 Å². The molecule has 2 rings (SSSR count). The van der Waals surface area contributed by atoms with Gasteiger partial charge in [0.25, 0.3) is 0 Å². The molecule has 0 bridgehead atoms. The van der Waals surface area contributed by atoms with Gasteiger partial charge in [-0.3, -0.25) is 15.0 Å². The fourth-order valence-corrected chi connectivity index (χ4v) is 2.81. The average Bonchev–Trinajstić information content (AvgIpc) is 3.22. The minimum Gasteiger partial charge on any atom is -0.444 e. The molecule has 0 aliphatic heterocycles. The van der Waals surface area contributed by atoms with Gasteiger partial charge in [0.05, 0.1) is 17.5 Å². The third-order valence-corrected chi connectivity index (χ3v) is 4.84. The Morgan fingerprint density at radius 1 is 1.28 bits per heavy atom. The third-order valence-electron chi connectivity index (χ3n) is 4.84. The molecule has 0 spiro atoms. The van der Waals surface area contributed by atoms with Crippen molar-refractivity contribution in [3.63, 3.8) is 0 Å². The summed E-state index contributed by atoms with van der Waals surface area (Å²) in [6.07, 6.45) is 3.27. The number of hydrogen-bond acceptors (Lipinski definition) is 9. The molecule has 36 heavy (non-hydrogen) atoms. The van der Waals surface area contributed by atoms with Gasteiger partial charge in [-0.2, -0.15) is 4.98 Å². The first-order valence-electron chi connectivity index (χ1n) is 12.0. The Kier molecular flexibility index (Phi) is 10.5. The number of nitrogens with one attached hydrogen (secondary N) is 3. The van der Waals surface area contributed by atoms with Gasteiger partial charge in [0, 0.05) is 32.6 Å². The summed E-state index contributed by atoms with van der Waals surface area (Å²) in [7, 11) is 1.55. The Hall–Kier alpha value is -3.81. The van der Waals surface area contributed by atoms with Crippen molar-refractivity contribution in [3.05, 3.63) is 23.5 Å². The largest absolute Gasteiger partial charge is 0.444 e. The lowest BCUT2D eigenvalue weighted by atomic mass is 10.2. The number of ether oxygens (including phenoxy) is 1. The summed E-state index contributed by atoms with van der Waals surface area (Å²) in [4.78, 5) is 34.6. The van der Waals surface area contributed by atoms with E-state index in [1.54, 1.807) is 47.0 Å². The van der Waals surface area contributed by atoms with Crippen LogP contribution < -0.4 is 16.0 Å². The molecule has 0 aliphatic rings. The number of nitrogens with zero attached hydrogens (tertiary/aromatic N) is 4. The number of likely N-dealkylation sites (N-methyl/N-ethyl adjacent to an activating group) is 1. The van der Waals surface area contributed by atoms with E-state index >= 15 is 0 Å². The summed E-state index contributed by atoms with van der Waals surface area (Å²) in [6.45, 7) is 12.1. The maximum atomic E-state index is 12.4. The van der Waals surface area contributed by atoms with Crippen LogP contribution in [0.1, 0.15) is 65.1 Å². The quantitative estimate of drug-likeness (QED) is 0.329. The van der Waals surface area contributed by atoms with Gasteiger partial charge >= 0.3 is 6.09 Å². The van der Waals surface area contributed by atoms with E-state index in [0.29, 0.717) is 42.6 Å². The van der Waals surface area contributed by atoms with Gasteiger partial charge in [0.2, 0.25) is 17.7 Å². The van der Waals surface area contributed by atoms with Crippen LogP contribution in [0.5, 0.6) is 0 Å². The molecule has 0 unspecified atom stereocenters. The van der Waals surface area contributed by atoms with Gasteiger partial charge < -0.3 is 19.9 Å². The van der Waals surface area contributed by atoms with E-state index in [1.165, 1.54) is 4.90 Å². The molecule has 0 aromatic carbocycles. The van der Waals surface area contributed by atoms with Gasteiger partial charge in [-0.05, 0) is 47.5 Å². The highest BCUT2D eigenvalue weighted by molar-refractivity contribution is 5.85. The van der Waals surface area contributed by atoms with Crippen molar-refractivity contribution in [2.24, 2.45) is 0 Å². The molecule has 2 aromatic rings. The van der Waals surface area contributed by atoms with Crippen LogP contribution in [-0.4, -0.2) is 63.8 Å². The van der Waals surface area contributed by atoms with E-state index in [-0.39, 0.29) is 5.91 Å². The second-order valence-corrected chi connectivity index (χ2v) is 9.30. The van der Waals surface area contributed by atoms with Crippen molar-refractivity contribution in [1.29, 1.82) is 0 Å². The van der Waals surface area contributed by atoms with Crippen LogP contribution in [-0.2, 0) is 9.53 Å². The summed E-state index contributed by atoms with van der Waals surface area (Å²) < 4.78 is 10.5.